The SMILES string of the molecule is CCCCC(C)(C/C=C/[C@H]1C(CC#CCOCC(=O)O)=C(O[Si](C)(C)C(C)(C)C)C[C@@H]1O[Si](CC)(CC)CC)O[Si](C)(C)C. The average molecular weight is 667 g/mol. The Kier molecular flexibility index (Phi) is 16.4. The van der Waals surface area contributed by atoms with E-state index in [9.17, 15) is 4.79 Å². The summed E-state index contributed by atoms with van der Waals surface area (Å²) in [6.07, 6.45) is 10.2. The van der Waals surface area contributed by atoms with Crippen LogP contribution in [0.5, 0.6) is 0 Å². The van der Waals surface area contributed by atoms with Crippen molar-refractivity contribution in [1.82, 2.24) is 0 Å². The van der Waals surface area contributed by atoms with E-state index >= 15 is 0 Å². The molecule has 1 aliphatic carbocycles. The molecule has 0 aliphatic heterocycles. The highest BCUT2D eigenvalue weighted by Gasteiger charge is 2.45. The zero-order valence-electron chi connectivity index (χ0n) is 30.6. The van der Waals surface area contributed by atoms with Gasteiger partial charge in [0.05, 0.1) is 17.5 Å². The molecule has 0 saturated carbocycles. The Morgan fingerprint density at radius 1 is 1.00 bits per heavy atom. The monoisotopic (exact) mass is 666 g/mol. The molecule has 1 N–H and O–H groups in total. The van der Waals surface area contributed by atoms with Crippen molar-refractivity contribution in [3.63, 3.8) is 0 Å². The number of carboxylic acids is 1. The number of ether oxygens (including phenoxy) is 1. The summed E-state index contributed by atoms with van der Waals surface area (Å²) >= 11 is 0. The van der Waals surface area contributed by atoms with Crippen LogP contribution in [-0.4, -0.2) is 60.9 Å². The summed E-state index contributed by atoms with van der Waals surface area (Å²) in [6.45, 7) is 29.4. The first-order valence-corrected chi connectivity index (χ1v) is 25.8. The molecule has 0 fully saturated rings. The summed E-state index contributed by atoms with van der Waals surface area (Å²) in [5.41, 5.74) is 1.01. The standard InChI is InChI=1S/C35H66O6Si3/c1-14-18-24-35(8,41-42(9,10)11)25-21-23-30-29(22-19-20-26-38-28-33(36)37)31(39-43(12,13)34(5,6)7)27-32(30)40-44(15-2,16-3)17-4/h21,23,30,32H,14-18,22,24-28H2,1-13H3,(H,36,37)/b23-21+/t30-,32-,35?/m0/s1. The summed E-state index contributed by atoms with van der Waals surface area (Å²) in [6, 6.07) is 3.29. The summed E-state index contributed by atoms with van der Waals surface area (Å²) < 4.78 is 26.3. The second-order valence-electron chi connectivity index (χ2n) is 15.3. The lowest BCUT2D eigenvalue weighted by atomic mass is 9.92. The van der Waals surface area contributed by atoms with Gasteiger partial charge in [0.25, 0.3) is 0 Å². The molecule has 0 radical (unpaired) electrons. The van der Waals surface area contributed by atoms with E-state index in [0.717, 1.165) is 56.0 Å². The van der Waals surface area contributed by atoms with E-state index in [0.29, 0.717) is 6.42 Å². The Morgan fingerprint density at radius 3 is 2.11 bits per heavy atom. The summed E-state index contributed by atoms with van der Waals surface area (Å²) in [7, 11) is -5.74. The predicted octanol–water partition coefficient (Wildman–Crippen LogP) is 9.91. The highest BCUT2D eigenvalue weighted by Crippen LogP contribution is 2.45. The molecule has 6 nitrogen and oxygen atoms in total. The molecule has 0 heterocycles. The van der Waals surface area contributed by atoms with Crippen molar-refractivity contribution in [1.29, 1.82) is 0 Å². The summed E-state index contributed by atoms with van der Waals surface area (Å²) in [5.74, 6) is 6.47. The van der Waals surface area contributed by atoms with Gasteiger partial charge in [-0.1, -0.05) is 85.3 Å². The van der Waals surface area contributed by atoms with E-state index in [1.165, 1.54) is 5.57 Å². The minimum atomic E-state index is -2.11. The van der Waals surface area contributed by atoms with Crippen LogP contribution in [0, 0.1) is 17.8 Å². The minimum Gasteiger partial charge on any atom is -0.546 e. The molecule has 0 amide bonds. The first-order valence-electron chi connectivity index (χ1n) is 17.0. The Balaban J connectivity index is 3.59. The fourth-order valence-corrected chi connectivity index (χ4v) is 11.3. The Labute approximate surface area is 274 Å². The zero-order valence-corrected chi connectivity index (χ0v) is 33.6. The maximum Gasteiger partial charge on any atom is 0.329 e. The third-order valence-electron chi connectivity index (χ3n) is 9.38. The number of rotatable bonds is 19. The van der Waals surface area contributed by atoms with E-state index < -0.39 is 30.9 Å². The van der Waals surface area contributed by atoms with Gasteiger partial charge in [-0.25, -0.2) is 4.79 Å². The van der Waals surface area contributed by atoms with Crippen molar-refractivity contribution >= 4 is 30.9 Å². The van der Waals surface area contributed by atoms with Crippen LogP contribution in [0.1, 0.15) is 93.9 Å². The second-order valence-corrected chi connectivity index (χ2v) is 29.1. The number of hydrogen-bond acceptors (Lipinski definition) is 5. The maximum atomic E-state index is 10.9. The van der Waals surface area contributed by atoms with Crippen LogP contribution in [-0.2, 0) is 22.8 Å². The largest absolute Gasteiger partial charge is 0.546 e. The maximum absolute atomic E-state index is 10.9. The van der Waals surface area contributed by atoms with Gasteiger partial charge in [-0.2, -0.15) is 0 Å². The molecule has 254 valence electrons. The van der Waals surface area contributed by atoms with E-state index in [4.69, 9.17) is 23.1 Å². The van der Waals surface area contributed by atoms with Crippen molar-refractivity contribution in [2.75, 3.05) is 13.2 Å². The Morgan fingerprint density at radius 2 is 1.61 bits per heavy atom. The van der Waals surface area contributed by atoms with Crippen LogP contribution in [0.4, 0.5) is 0 Å². The first-order chi connectivity index (χ1) is 20.3. The molecule has 1 unspecified atom stereocenters. The van der Waals surface area contributed by atoms with Crippen LogP contribution >= 0.6 is 0 Å². The van der Waals surface area contributed by atoms with Gasteiger partial charge < -0.3 is 23.1 Å². The fraction of sp³-hybridized carbons (Fsp3) is 0.800. The quantitative estimate of drug-likeness (QED) is 0.0640. The molecule has 1 rings (SSSR count). The molecule has 44 heavy (non-hydrogen) atoms. The molecule has 9 heteroatoms. The average Bonchev–Trinajstić information content (AvgIpc) is 3.20. The molecule has 0 bridgehead atoms. The smallest absolute Gasteiger partial charge is 0.329 e. The van der Waals surface area contributed by atoms with Crippen LogP contribution in [0.25, 0.3) is 0 Å². The van der Waals surface area contributed by atoms with Crippen molar-refractivity contribution in [2.24, 2.45) is 5.92 Å². The zero-order chi connectivity index (χ0) is 33.8. The van der Waals surface area contributed by atoms with Gasteiger partial charge in [-0.05, 0) is 81.2 Å². The molecular weight excluding hydrogens is 601 g/mol. The third-order valence-corrected chi connectivity index (χ3v) is 19.5. The van der Waals surface area contributed by atoms with Crippen LogP contribution in [0.3, 0.4) is 0 Å². The van der Waals surface area contributed by atoms with Crippen LogP contribution < -0.4 is 0 Å². The van der Waals surface area contributed by atoms with Gasteiger partial charge in [0, 0.05) is 18.8 Å². The Hall–Kier alpha value is -1.16. The molecule has 0 saturated heterocycles. The van der Waals surface area contributed by atoms with Crippen LogP contribution in [0.15, 0.2) is 23.5 Å². The van der Waals surface area contributed by atoms with E-state index in [1.807, 2.05) is 0 Å². The molecule has 0 spiro atoms. The first kappa shape index (κ1) is 40.9. The number of carbonyl (C=O) groups is 1. The van der Waals surface area contributed by atoms with Crippen molar-refractivity contribution in [2.45, 2.75) is 162 Å². The number of hydrogen-bond donors (Lipinski definition) is 1. The van der Waals surface area contributed by atoms with E-state index in [-0.39, 0.29) is 35.9 Å². The summed E-state index contributed by atoms with van der Waals surface area (Å²) in [5, 5.41) is 8.97. The topological polar surface area (TPSA) is 74.2 Å². The number of aliphatic carboxylic acids is 1. The lowest BCUT2D eigenvalue weighted by Gasteiger charge is -2.37. The lowest BCUT2D eigenvalue weighted by molar-refractivity contribution is -0.141. The van der Waals surface area contributed by atoms with Crippen LogP contribution in [0.2, 0.25) is 55.9 Å². The lowest BCUT2D eigenvalue weighted by Crippen LogP contribution is -2.42. The molecule has 3 atom stereocenters. The Bertz CT molecular complexity index is 1020. The normalized spacial score (nSPS) is 19.7. The second kappa shape index (κ2) is 17.7. The fourth-order valence-electron chi connectivity index (χ4n) is 5.66. The van der Waals surface area contributed by atoms with E-state index in [2.05, 4.69) is 112 Å². The van der Waals surface area contributed by atoms with Gasteiger partial charge in [0.15, 0.2) is 16.6 Å². The van der Waals surface area contributed by atoms with Gasteiger partial charge in [0.2, 0.25) is 8.32 Å². The third kappa shape index (κ3) is 13.3. The minimum absolute atomic E-state index is 0.0254. The number of unbranched alkanes of at least 4 members (excludes halogenated alkanes) is 1. The highest BCUT2D eigenvalue weighted by molar-refractivity contribution is 6.74. The van der Waals surface area contributed by atoms with Crippen molar-refractivity contribution in [3.05, 3.63) is 23.5 Å². The molecule has 0 aromatic carbocycles. The predicted molar refractivity (Wildman–Crippen MR) is 192 cm³/mol. The molecule has 0 aromatic heterocycles. The summed E-state index contributed by atoms with van der Waals surface area (Å²) in [4.78, 5) is 10.9. The molecule has 1 aliphatic rings. The van der Waals surface area contributed by atoms with Crippen molar-refractivity contribution in [3.8, 4) is 11.8 Å². The number of carboxylic acid groups (broad SMARTS) is 1. The molecular formula is C35H66O6Si3. The molecule has 0 aromatic rings. The van der Waals surface area contributed by atoms with Gasteiger partial charge in [0.1, 0.15) is 13.2 Å². The van der Waals surface area contributed by atoms with Crippen molar-refractivity contribution < 1.29 is 27.9 Å². The van der Waals surface area contributed by atoms with E-state index in [1.54, 1.807) is 0 Å². The van der Waals surface area contributed by atoms with Gasteiger partial charge in [-0.15, -0.1) is 0 Å². The highest BCUT2D eigenvalue weighted by atomic mass is 28.4. The van der Waals surface area contributed by atoms with Gasteiger partial charge in [-0.3, -0.25) is 0 Å². The van der Waals surface area contributed by atoms with Gasteiger partial charge >= 0.3 is 5.97 Å².